The number of amides is 1. The van der Waals surface area contributed by atoms with Gasteiger partial charge >= 0.3 is 0 Å². The number of carbonyl (C=O) groups is 1. The van der Waals surface area contributed by atoms with Gasteiger partial charge in [-0.3, -0.25) is 4.79 Å². The number of hydrogen-bond acceptors (Lipinski definition) is 3. The lowest BCUT2D eigenvalue weighted by molar-refractivity contribution is 0.0426. The van der Waals surface area contributed by atoms with E-state index in [1.54, 1.807) is 0 Å². The zero-order valence-electron chi connectivity index (χ0n) is 18.2. The van der Waals surface area contributed by atoms with Gasteiger partial charge < -0.3 is 15.0 Å². The lowest BCUT2D eigenvalue weighted by atomic mass is 9.91. The molecule has 0 bridgehead atoms. The summed E-state index contributed by atoms with van der Waals surface area (Å²) in [6.07, 6.45) is 6.02. The van der Waals surface area contributed by atoms with Gasteiger partial charge in [0.2, 0.25) is 0 Å². The first kappa shape index (κ1) is 21.2. The van der Waals surface area contributed by atoms with Gasteiger partial charge in [0.15, 0.2) is 0 Å². The predicted molar refractivity (Wildman–Crippen MR) is 119 cm³/mol. The molecule has 29 heavy (non-hydrogen) atoms. The second kappa shape index (κ2) is 9.34. The van der Waals surface area contributed by atoms with E-state index in [9.17, 15) is 4.79 Å². The molecule has 0 saturated heterocycles. The van der Waals surface area contributed by atoms with Crippen LogP contribution in [0.3, 0.4) is 0 Å². The van der Waals surface area contributed by atoms with Crippen molar-refractivity contribution in [2.75, 3.05) is 11.9 Å². The average molecular weight is 395 g/mol. The maximum absolute atomic E-state index is 13.4. The molecule has 0 aliphatic carbocycles. The zero-order chi connectivity index (χ0) is 20.9. The van der Waals surface area contributed by atoms with Crippen molar-refractivity contribution in [3.63, 3.8) is 0 Å². The summed E-state index contributed by atoms with van der Waals surface area (Å²) in [7, 11) is 0. The van der Waals surface area contributed by atoms with Crippen LogP contribution in [0.5, 0.6) is 5.75 Å². The van der Waals surface area contributed by atoms with Crippen molar-refractivity contribution in [1.29, 1.82) is 0 Å². The molecule has 2 aromatic carbocycles. The zero-order valence-corrected chi connectivity index (χ0v) is 18.2. The molecule has 4 nitrogen and oxygen atoms in total. The van der Waals surface area contributed by atoms with Gasteiger partial charge in [-0.05, 0) is 45.4 Å². The third-order valence-corrected chi connectivity index (χ3v) is 5.67. The molecule has 156 valence electrons. The van der Waals surface area contributed by atoms with Gasteiger partial charge in [0, 0.05) is 17.3 Å². The van der Waals surface area contributed by atoms with Crippen LogP contribution in [-0.4, -0.2) is 23.5 Å². The highest BCUT2D eigenvalue weighted by Crippen LogP contribution is 2.42. The van der Waals surface area contributed by atoms with E-state index in [-0.39, 0.29) is 11.9 Å². The first-order chi connectivity index (χ1) is 14.0. The molecule has 0 spiro atoms. The van der Waals surface area contributed by atoms with Crippen LogP contribution in [-0.2, 0) is 5.66 Å². The summed E-state index contributed by atoms with van der Waals surface area (Å²) < 4.78 is 6.21. The Bertz CT molecular complexity index is 833. The Balaban J connectivity index is 1.89. The smallest absolute Gasteiger partial charge is 0.258 e. The number of carbonyl (C=O) groups excluding carboxylic acids is 1. The minimum absolute atomic E-state index is 0.0375. The van der Waals surface area contributed by atoms with Gasteiger partial charge in [0.05, 0.1) is 12.2 Å². The molecule has 1 unspecified atom stereocenters. The van der Waals surface area contributed by atoms with Crippen LogP contribution in [0.2, 0.25) is 0 Å². The van der Waals surface area contributed by atoms with Gasteiger partial charge in [-0.15, -0.1) is 0 Å². The number of unbranched alkanes of at least 4 members (excludes halogenated alkanes) is 4. The van der Waals surface area contributed by atoms with Crippen molar-refractivity contribution in [3.05, 3.63) is 59.7 Å². The van der Waals surface area contributed by atoms with Crippen molar-refractivity contribution in [2.24, 2.45) is 0 Å². The first-order valence-electron chi connectivity index (χ1n) is 10.9. The average Bonchev–Trinajstić information content (AvgIpc) is 2.70. The Morgan fingerprint density at radius 2 is 1.69 bits per heavy atom. The molecule has 1 aliphatic rings. The van der Waals surface area contributed by atoms with E-state index in [2.05, 4.69) is 39.1 Å². The first-order valence-corrected chi connectivity index (χ1v) is 10.9. The van der Waals surface area contributed by atoms with E-state index in [0.717, 1.165) is 23.4 Å². The Hall–Kier alpha value is -2.49. The van der Waals surface area contributed by atoms with Crippen LogP contribution in [0.15, 0.2) is 48.5 Å². The summed E-state index contributed by atoms with van der Waals surface area (Å²) in [5, 5.41) is 3.64. The maximum Gasteiger partial charge on any atom is 0.258 e. The number of anilines is 1. The van der Waals surface area contributed by atoms with E-state index in [0.29, 0.717) is 12.2 Å². The van der Waals surface area contributed by atoms with Gasteiger partial charge in [-0.1, -0.05) is 62.9 Å². The molecule has 0 radical (unpaired) electrons. The van der Waals surface area contributed by atoms with Crippen LogP contribution in [0, 0.1) is 0 Å². The monoisotopic (exact) mass is 394 g/mol. The van der Waals surface area contributed by atoms with Gasteiger partial charge in [0.1, 0.15) is 11.4 Å². The third-order valence-electron chi connectivity index (χ3n) is 5.67. The highest BCUT2D eigenvalue weighted by Gasteiger charge is 2.45. The minimum atomic E-state index is -0.682. The van der Waals surface area contributed by atoms with Crippen LogP contribution in [0.1, 0.15) is 75.7 Å². The van der Waals surface area contributed by atoms with E-state index < -0.39 is 5.66 Å². The number of nitrogens with one attached hydrogen (secondary N) is 1. The Kier molecular flexibility index (Phi) is 6.83. The second-order valence-electron chi connectivity index (χ2n) is 8.27. The van der Waals surface area contributed by atoms with Crippen molar-refractivity contribution >= 4 is 11.6 Å². The van der Waals surface area contributed by atoms with Crippen molar-refractivity contribution in [1.82, 2.24) is 4.90 Å². The molecule has 4 heteroatoms. The topological polar surface area (TPSA) is 41.6 Å². The number of rotatable bonds is 9. The number of ether oxygens (including phenoxy) is 1. The molecule has 3 rings (SSSR count). The highest BCUT2D eigenvalue weighted by atomic mass is 16.5. The Morgan fingerprint density at radius 3 is 2.45 bits per heavy atom. The molecule has 0 saturated carbocycles. The van der Waals surface area contributed by atoms with E-state index in [1.165, 1.54) is 25.7 Å². The van der Waals surface area contributed by atoms with Crippen molar-refractivity contribution in [3.8, 4) is 5.75 Å². The molecule has 1 amide bonds. The van der Waals surface area contributed by atoms with Crippen LogP contribution >= 0.6 is 0 Å². The van der Waals surface area contributed by atoms with Crippen molar-refractivity contribution < 1.29 is 9.53 Å². The fraction of sp³-hybridized carbons (Fsp3) is 0.480. The van der Waals surface area contributed by atoms with Crippen LogP contribution in [0.25, 0.3) is 0 Å². The number of hydrogen-bond donors (Lipinski definition) is 1. The highest BCUT2D eigenvalue weighted by molar-refractivity contribution is 6.02. The lowest BCUT2D eigenvalue weighted by Crippen LogP contribution is -2.58. The normalized spacial score (nSPS) is 18.5. The maximum atomic E-state index is 13.4. The third kappa shape index (κ3) is 4.42. The van der Waals surface area contributed by atoms with E-state index in [1.807, 2.05) is 47.4 Å². The van der Waals surface area contributed by atoms with Gasteiger partial charge in [-0.2, -0.15) is 0 Å². The predicted octanol–water partition coefficient (Wildman–Crippen LogP) is 6.18. The molecule has 1 heterocycles. The molecular weight excluding hydrogens is 360 g/mol. The van der Waals surface area contributed by atoms with Crippen LogP contribution < -0.4 is 10.1 Å². The molecule has 1 aliphatic heterocycles. The standard InChI is InChI=1S/C25H34N2O2/c1-5-6-7-8-13-18-29-23-17-12-10-15-21(23)25(4)26-22-16-11-9-14-20(22)24(28)27(25)19(2)3/h9-12,14-17,19,26H,5-8,13,18H2,1-4H3. The number of fused-ring (bicyclic) bond motifs is 1. The summed E-state index contributed by atoms with van der Waals surface area (Å²) >= 11 is 0. The molecular formula is C25H34N2O2. The summed E-state index contributed by atoms with van der Waals surface area (Å²) in [5.41, 5.74) is 1.89. The Labute approximate surface area is 175 Å². The van der Waals surface area contributed by atoms with Crippen LogP contribution in [0.4, 0.5) is 5.69 Å². The molecule has 1 N–H and O–H groups in total. The molecule has 2 aromatic rings. The van der Waals surface area contributed by atoms with Crippen molar-refractivity contribution in [2.45, 2.75) is 71.5 Å². The number of para-hydroxylation sites is 2. The fourth-order valence-electron chi connectivity index (χ4n) is 4.26. The minimum Gasteiger partial charge on any atom is -0.493 e. The lowest BCUT2D eigenvalue weighted by Gasteiger charge is -2.49. The summed E-state index contributed by atoms with van der Waals surface area (Å²) in [6, 6.07) is 15.9. The van der Waals surface area contributed by atoms with E-state index in [4.69, 9.17) is 4.74 Å². The quantitative estimate of drug-likeness (QED) is 0.516. The summed E-state index contributed by atoms with van der Waals surface area (Å²) in [5.74, 6) is 0.891. The fourth-order valence-corrected chi connectivity index (χ4v) is 4.26. The second-order valence-corrected chi connectivity index (χ2v) is 8.27. The Morgan fingerprint density at radius 1 is 1.00 bits per heavy atom. The van der Waals surface area contributed by atoms with Gasteiger partial charge in [-0.25, -0.2) is 0 Å². The molecule has 0 fully saturated rings. The SMILES string of the molecule is CCCCCCCOc1ccccc1C1(C)Nc2ccccc2C(=O)N1C(C)C. The largest absolute Gasteiger partial charge is 0.493 e. The van der Waals surface area contributed by atoms with Gasteiger partial charge in [0.25, 0.3) is 5.91 Å². The number of benzene rings is 2. The number of nitrogens with zero attached hydrogens (tertiary/aromatic N) is 1. The molecule has 0 aromatic heterocycles. The summed E-state index contributed by atoms with van der Waals surface area (Å²) in [4.78, 5) is 15.3. The molecule has 1 atom stereocenters. The van der Waals surface area contributed by atoms with E-state index >= 15 is 0 Å². The summed E-state index contributed by atoms with van der Waals surface area (Å²) in [6.45, 7) is 9.11.